The quantitative estimate of drug-likeness (QED) is 0.824. The summed E-state index contributed by atoms with van der Waals surface area (Å²) in [4.78, 5) is 0. The molecule has 2 aromatic rings. The monoisotopic (exact) mass is 248 g/mol. The molecule has 1 unspecified atom stereocenters. The van der Waals surface area contributed by atoms with Crippen molar-refractivity contribution >= 4 is 22.5 Å². The minimum absolute atomic E-state index is 0.180. The standard InChI is InChI=1S/C14H17ClN2/c1-13(2)8-14(13,16)11-7-17(3)12-6-9(15)4-5-10(11)12/h4-7H,8,16H2,1-3H3. The van der Waals surface area contributed by atoms with Gasteiger partial charge in [-0.05, 0) is 29.5 Å². The molecule has 0 spiro atoms. The first-order chi connectivity index (χ1) is 7.85. The minimum atomic E-state index is -0.180. The molecule has 3 heteroatoms. The number of halogens is 1. The number of aryl methyl sites for hydroxylation is 1. The summed E-state index contributed by atoms with van der Waals surface area (Å²) in [5, 5.41) is 2.00. The lowest BCUT2D eigenvalue weighted by Gasteiger charge is -2.14. The van der Waals surface area contributed by atoms with Crippen LogP contribution in [0.2, 0.25) is 5.02 Å². The van der Waals surface area contributed by atoms with Gasteiger partial charge in [-0.2, -0.15) is 0 Å². The molecule has 1 fully saturated rings. The van der Waals surface area contributed by atoms with Crippen molar-refractivity contribution in [2.45, 2.75) is 25.8 Å². The Labute approximate surface area is 106 Å². The van der Waals surface area contributed by atoms with Crippen LogP contribution >= 0.6 is 11.6 Å². The third-order valence-electron chi connectivity index (χ3n) is 4.24. The molecule has 0 amide bonds. The van der Waals surface area contributed by atoms with Gasteiger partial charge in [-0.15, -0.1) is 0 Å². The largest absolute Gasteiger partial charge is 0.350 e. The molecule has 0 bridgehead atoms. The van der Waals surface area contributed by atoms with E-state index in [0.717, 1.165) is 17.0 Å². The van der Waals surface area contributed by atoms with Crippen molar-refractivity contribution in [3.8, 4) is 0 Å². The van der Waals surface area contributed by atoms with E-state index in [4.69, 9.17) is 17.3 Å². The second-order valence-electron chi connectivity index (χ2n) is 5.85. The number of fused-ring (bicyclic) bond motifs is 1. The van der Waals surface area contributed by atoms with E-state index in [-0.39, 0.29) is 11.0 Å². The number of nitrogens with two attached hydrogens (primary N) is 1. The molecular formula is C14H17ClN2. The molecule has 1 aliphatic carbocycles. The summed E-state index contributed by atoms with van der Waals surface area (Å²) in [5.74, 6) is 0. The zero-order valence-electron chi connectivity index (χ0n) is 10.4. The maximum absolute atomic E-state index is 6.52. The summed E-state index contributed by atoms with van der Waals surface area (Å²) < 4.78 is 2.11. The molecule has 17 heavy (non-hydrogen) atoms. The summed E-state index contributed by atoms with van der Waals surface area (Å²) in [7, 11) is 2.04. The summed E-state index contributed by atoms with van der Waals surface area (Å²) in [5.41, 5.74) is 8.93. The second-order valence-corrected chi connectivity index (χ2v) is 6.28. The van der Waals surface area contributed by atoms with Gasteiger partial charge in [-0.25, -0.2) is 0 Å². The van der Waals surface area contributed by atoms with Crippen molar-refractivity contribution in [2.24, 2.45) is 18.2 Å². The lowest BCUT2D eigenvalue weighted by Crippen LogP contribution is -2.25. The maximum atomic E-state index is 6.52. The topological polar surface area (TPSA) is 30.9 Å². The van der Waals surface area contributed by atoms with Crippen molar-refractivity contribution in [3.05, 3.63) is 35.0 Å². The van der Waals surface area contributed by atoms with E-state index in [1.54, 1.807) is 0 Å². The third-order valence-corrected chi connectivity index (χ3v) is 4.47. The van der Waals surface area contributed by atoms with Crippen LogP contribution in [0.15, 0.2) is 24.4 Å². The van der Waals surface area contributed by atoms with Gasteiger partial charge in [-0.3, -0.25) is 0 Å². The zero-order chi connectivity index (χ0) is 12.4. The number of aromatic nitrogens is 1. The van der Waals surface area contributed by atoms with Crippen LogP contribution in [0.4, 0.5) is 0 Å². The number of benzene rings is 1. The highest BCUT2D eigenvalue weighted by molar-refractivity contribution is 6.31. The van der Waals surface area contributed by atoms with Crippen molar-refractivity contribution in [3.63, 3.8) is 0 Å². The number of rotatable bonds is 1. The van der Waals surface area contributed by atoms with Gasteiger partial charge in [0.05, 0.1) is 0 Å². The summed E-state index contributed by atoms with van der Waals surface area (Å²) in [6.45, 7) is 4.45. The molecule has 90 valence electrons. The Morgan fingerprint density at radius 2 is 2.00 bits per heavy atom. The third kappa shape index (κ3) is 1.37. The van der Waals surface area contributed by atoms with Crippen LogP contribution in [0.5, 0.6) is 0 Å². The van der Waals surface area contributed by atoms with Crippen LogP contribution in [0.25, 0.3) is 10.9 Å². The molecule has 1 heterocycles. The molecule has 1 atom stereocenters. The van der Waals surface area contributed by atoms with Gasteiger partial charge in [0.1, 0.15) is 0 Å². The predicted molar refractivity (Wildman–Crippen MR) is 72.2 cm³/mol. The Balaban J connectivity index is 2.26. The Morgan fingerprint density at radius 1 is 1.35 bits per heavy atom. The van der Waals surface area contributed by atoms with Gasteiger partial charge < -0.3 is 10.3 Å². The minimum Gasteiger partial charge on any atom is -0.350 e. The number of hydrogen-bond acceptors (Lipinski definition) is 1. The van der Waals surface area contributed by atoms with E-state index >= 15 is 0 Å². The van der Waals surface area contributed by atoms with Crippen LogP contribution in [0, 0.1) is 5.41 Å². The van der Waals surface area contributed by atoms with Gasteiger partial charge in [0, 0.05) is 34.7 Å². The van der Waals surface area contributed by atoms with Gasteiger partial charge in [0.15, 0.2) is 0 Å². The van der Waals surface area contributed by atoms with Gasteiger partial charge in [0.2, 0.25) is 0 Å². The first kappa shape index (κ1) is 11.1. The average Bonchev–Trinajstić information content (AvgIpc) is 2.60. The van der Waals surface area contributed by atoms with Gasteiger partial charge >= 0.3 is 0 Å². The fourth-order valence-corrected chi connectivity index (χ4v) is 2.99. The van der Waals surface area contributed by atoms with E-state index in [1.165, 1.54) is 10.9 Å². The predicted octanol–water partition coefficient (Wildman–Crippen LogP) is 3.42. The van der Waals surface area contributed by atoms with Crippen molar-refractivity contribution in [1.82, 2.24) is 4.57 Å². The lowest BCUT2D eigenvalue weighted by atomic mass is 9.97. The molecule has 0 radical (unpaired) electrons. The van der Waals surface area contributed by atoms with Crippen LogP contribution in [0.3, 0.4) is 0 Å². The second kappa shape index (κ2) is 3.06. The van der Waals surface area contributed by atoms with E-state index in [9.17, 15) is 0 Å². The molecule has 2 nitrogen and oxygen atoms in total. The van der Waals surface area contributed by atoms with Crippen molar-refractivity contribution in [2.75, 3.05) is 0 Å². The molecule has 0 aliphatic heterocycles. The molecule has 3 rings (SSSR count). The Bertz CT molecular complexity index is 612. The van der Waals surface area contributed by atoms with Crippen LogP contribution in [-0.4, -0.2) is 4.57 Å². The zero-order valence-corrected chi connectivity index (χ0v) is 11.2. The van der Waals surface area contributed by atoms with Crippen LogP contribution in [-0.2, 0) is 12.6 Å². The maximum Gasteiger partial charge on any atom is 0.0496 e. The molecule has 2 N–H and O–H groups in total. The molecule has 1 aromatic carbocycles. The van der Waals surface area contributed by atoms with Crippen LogP contribution in [0.1, 0.15) is 25.8 Å². The molecule has 1 saturated carbocycles. The number of nitrogens with zero attached hydrogens (tertiary/aromatic N) is 1. The highest BCUT2D eigenvalue weighted by Gasteiger charge is 2.60. The molecular weight excluding hydrogens is 232 g/mol. The normalized spacial score (nSPS) is 26.4. The fraction of sp³-hybridized carbons (Fsp3) is 0.429. The van der Waals surface area contributed by atoms with Gasteiger partial charge in [-0.1, -0.05) is 31.5 Å². The first-order valence-electron chi connectivity index (χ1n) is 5.89. The Hall–Kier alpha value is -0.990. The summed E-state index contributed by atoms with van der Waals surface area (Å²) in [6, 6.07) is 6.02. The van der Waals surface area contributed by atoms with E-state index in [2.05, 4.69) is 30.7 Å². The van der Waals surface area contributed by atoms with E-state index in [0.29, 0.717) is 0 Å². The highest BCUT2D eigenvalue weighted by atomic mass is 35.5. The smallest absolute Gasteiger partial charge is 0.0496 e. The molecule has 1 aromatic heterocycles. The average molecular weight is 249 g/mol. The lowest BCUT2D eigenvalue weighted by molar-refractivity contribution is 0.512. The summed E-state index contributed by atoms with van der Waals surface area (Å²) >= 11 is 6.04. The fourth-order valence-electron chi connectivity index (χ4n) is 2.83. The molecule has 1 aliphatic rings. The van der Waals surface area contributed by atoms with Crippen molar-refractivity contribution < 1.29 is 0 Å². The van der Waals surface area contributed by atoms with Gasteiger partial charge in [0.25, 0.3) is 0 Å². The van der Waals surface area contributed by atoms with E-state index < -0.39 is 0 Å². The van der Waals surface area contributed by atoms with Crippen molar-refractivity contribution in [1.29, 1.82) is 0 Å². The number of hydrogen-bond donors (Lipinski definition) is 1. The highest BCUT2D eigenvalue weighted by Crippen LogP contribution is 2.61. The SMILES string of the molecule is Cn1cc(C2(N)CC2(C)C)c2ccc(Cl)cc21. The Kier molecular flexibility index (Phi) is 2.00. The Morgan fingerprint density at radius 3 is 2.59 bits per heavy atom. The first-order valence-corrected chi connectivity index (χ1v) is 6.27. The van der Waals surface area contributed by atoms with Crippen LogP contribution < -0.4 is 5.73 Å². The molecule has 0 saturated heterocycles. The van der Waals surface area contributed by atoms with E-state index in [1.807, 2.05) is 19.2 Å². The summed E-state index contributed by atoms with van der Waals surface area (Å²) in [6.07, 6.45) is 3.19.